The van der Waals surface area contributed by atoms with Crippen LogP contribution in [-0.4, -0.2) is 15.3 Å². The first-order chi connectivity index (χ1) is 15.5. The van der Waals surface area contributed by atoms with Crippen LogP contribution < -0.4 is 0 Å². The number of aliphatic imine (C=N–C) groups is 1. The van der Waals surface area contributed by atoms with Gasteiger partial charge in [0.15, 0.2) is 5.76 Å². The molecule has 1 aliphatic carbocycles. The molecule has 0 unspecified atom stereocenters. The molecule has 4 nitrogen and oxygen atoms in total. The molecule has 0 saturated heterocycles. The zero-order valence-electron chi connectivity index (χ0n) is 18.7. The smallest absolute Gasteiger partial charge is 0.154 e. The van der Waals surface area contributed by atoms with E-state index in [0.717, 1.165) is 40.0 Å². The Morgan fingerprint density at radius 2 is 1.81 bits per heavy atom. The Balaban J connectivity index is 1.59. The highest BCUT2D eigenvalue weighted by Gasteiger charge is 2.39. The van der Waals surface area contributed by atoms with Crippen LogP contribution in [0.5, 0.6) is 0 Å². The third kappa shape index (κ3) is 2.89. The maximum Gasteiger partial charge on any atom is 0.154 e. The van der Waals surface area contributed by atoms with Crippen LogP contribution in [0.1, 0.15) is 62.0 Å². The van der Waals surface area contributed by atoms with Crippen LogP contribution in [-0.2, 0) is 5.41 Å². The van der Waals surface area contributed by atoms with E-state index in [1.165, 1.54) is 24.0 Å². The van der Waals surface area contributed by atoms with Crippen LogP contribution in [0.25, 0.3) is 17.1 Å². The summed E-state index contributed by atoms with van der Waals surface area (Å²) < 4.78 is 7.91. The summed E-state index contributed by atoms with van der Waals surface area (Å²) >= 11 is 0. The van der Waals surface area contributed by atoms with Gasteiger partial charge in [0.1, 0.15) is 12.0 Å². The van der Waals surface area contributed by atoms with E-state index >= 15 is 0 Å². The third-order valence-corrected chi connectivity index (χ3v) is 7.13. The van der Waals surface area contributed by atoms with Gasteiger partial charge in [-0.15, -0.1) is 0 Å². The summed E-state index contributed by atoms with van der Waals surface area (Å²) in [6, 6.07) is 21.3. The van der Waals surface area contributed by atoms with Crippen molar-refractivity contribution in [3.8, 4) is 17.1 Å². The predicted molar refractivity (Wildman–Crippen MR) is 128 cm³/mol. The van der Waals surface area contributed by atoms with Crippen molar-refractivity contribution in [1.82, 2.24) is 9.55 Å². The van der Waals surface area contributed by atoms with Crippen molar-refractivity contribution >= 4 is 5.71 Å². The Morgan fingerprint density at radius 1 is 1.00 bits per heavy atom. The number of aromatic nitrogens is 2. The highest BCUT2D eigenvalue weighted by Crippen LogP contribution is 2.48. The largest absolute Gasteiger partial charge is 0.463 e. The number of nitrogens with zero attached hydrogens (tertiary/aromatic N) is 3. The number of hydrogen-bond acceptors (Lipinski definition) is 3. The zero-order valence-corrected chi connectivity index (χ0v) is 18.7. The Kier molecular flexibility index (Phi) is 4.26. The molecule has 32 heavy (non-hydrogen) atoms. The Labute approximate surface area is 188 Å². The number of fused-ring (bicyclic) bond motifs is 3. The van der Waals surface area contributed by atoms with Gasteiger partial charge in [-0.1, -0.05) is 50.2 Å². The molecule has 4 aromatic rings. The Hall–Kier alpha value is -3.40. The summed E-state index contributed by atoms with van der Waals surface area (Å²) in [6.07, 6.45) is 6.08. The highest BCUT2D eigenvalue weighted by molar-refractivity contribution is 6.15. The normalized spacial score (nSPS) is 24.2. The molecule has 2 aliphatic rings. The molecule has 6 rings (SSSR count). The van der Waals surface area contributed by atoms with E-state index in [1.807, 2.05) is 18.5 Å². The van der Waals surface area contributed by atoms with Crippen molar-refractivity contribution in [1.29, 1.82) is 0 Å². The second-order valence-electron chi connectivity index (χ2n) is 9.65. The quantitative estimate of drug-likeness (QED) is 0.368. The standard InChI is InChI=1S/C28H27N3O/c1-18-15-28(3,16-18)21-11-12-23-22(14-21)25(20-8-5-4-6-9-20)30-19(2)27-26(29-17-31(23)27)24-10-7-13-32-24/h4-14,17-19H,15-16H2,1-3H3/t18?,19-,28?/m1/s1. The summed E-state index contributed by atoms with van der Waals surface area (Å²) in [5, 5.41) is 0. The van der Waals surface area contributed by atoms with Crippen molar-refractivity contribution in [2.24, 2.45) is 10.9 Å². The first-order valence-corrected chi connectivity index (χ1v) is 11.4. The van der Waals surface area contributed by atoms with Gasteiger partial charge >= 0.3 is 0 Å². The summed E-state index contributed by atoms with van der Waals surface area (Å²) in [6.45, 7) is 6.88. The molecule has 2 aromatic carbocycles. The summed E-state index contributed by atoms with van der Waals surface area (Å²) in [4.78, 5) is 10.0. The lowest BCUT2D eigenvalue weighted by molar-refractivity contribution is 0.178. The maximum atomic E-state index is 5.70. The molecular weight excluding hydrogens is 394 g/mol. The molecule has 3 heterocycles. The minimum atomic E-state index is -0.0667. The van der Waals surface area contributed by atoms with Crippen molar-refractivity contribution in [3.05, 3.63) is 95.6 Å². The van der Waals surface area contributed by atoms with Crippen LogP contribution in [0.15, 0.2) is 82.7 Å². The SMILES string of the molecule is CC1CC(C)(c2ccc3c(c2)C(c2ccccc2)=N[C@H](C)c2c(-c4ccco4)ncn2-3)C1. The molecule has 1 fully saturated rings. The number of hydrogen-bond donors (Lipinski definition) is 0. The average molecular weight is 422 g/mol. The first-order valence-electron chi connectivity index (χ1n) is 11.4. The van der Waals surface area contributed by atoms with E-state index in [1.54, 1.807) is 6.26 Å². The Morgan fingerprint density at radius 3 is 2.53 bits per heavy atom. The van der Waals surface area contributed by atoms with Gasteiger partial charge in [-0.3, -0.25) is 9.56 Å². The number of benzene rings is 2. The fourth-order valence-corrected chi connectivity index (χ4v) is 5.73. The molecule has 0 bridgehead atoms. The lowest BCUT2D eigenvalue weighted by atomic mass is 9.60. The number of imidazole rings is 1. The molecule has 1 saturated carbocycles. The van der Waals surface area contributed by atoms with E-state index in [9.17, 15) is 0 Å². The summed E-state index contributed by atoms with van der Waals surface area (Å²) in [5.74, 6) is 1.57. The fourth-order valence-electron chi connectivity index (χ4n) is 5.73. The third-order valence-electron chi connectivity index (χ3n) is 7.13. The topological polar surface area (TPSA) is 43.3 Å². The van der Waals surface area contributed by atoms with Crippen molar-refractivity contribution in [3.63, 3.8) is 0 Å². The molecule has 160 valence electrons. The average Bonchev–Trinajstić information content (AvgIpc) is 3.44. The monoisotopic (exact) mass is 421 g/mol. The molecule has 4 heteroatoms. The second kappa shape index (κ2) is 7.06. The van der Waals surface area contributed by atoms with E-state index in [0.29, 0.717) is 0 Å². The van der Waals surface area contributed by atoms with Gasteiger partial charge in [0.25, 0.3) is 0 Å². The van der Waals surface area contributed by atoms with Crippen LogP contribution in [0.3, 0.4) is 0 Å². The van der Waals surface area contributed by atoms with E-state index in [2.05, 4.69) is 73.9 Å². The van der Waals surface area contributed by atoms with Gasteiger partial charge in [0.05, 0.1) is 29.4 Å². The highest BCUT2D eigenvalue weighted by atomic mass is 16.3. The van der Waals surface area contributed by atoms with Gasteiger partial charge in [-0.05, 0) is 60.9 Å². The molecular formula is C28H27N3O. The molecule has 1 aliphatic heterocycles. The molecule has 2 aromatic heterocycles. The molecule has 0 N–H and O–H groups in total. The van der Waals surface area contributed by atoms with Gasteiger partial charge in [0, 0.05) is 11.1 Å². The number of furan rings is 1. The molecule has 0 amide bonds. The van der Waals surface area contributed by atoms with E-state index in [4.69, 9.17) is 14.4 Å². The van der Waals surface area contributed by atoms with E-state index < -0.39 is 0 Å². The lowest BCUT2D eigenvalue weighted by Crippen LogP contribution is -2.37. The fraction of sp³-hybridized carbons (Fsp3) is 0.286. The second-order valence-corrected chi connectivity index (χ2v) is 9.65. The van der Waals surface area contributed by atoms with E-state index in [-0.39, 0.29) is 11.5 Å². The van der Waals surface area contributed by atoms with Gasteiger partial charge in [0.2, 0.25) is 0 Å². The van der Waals surface area contributed by atoms with Crippen LogP contribution in [0.2, 0.25) is 0 Å². The Bertz CT molecular complexity index is 1310. The molecule has 0 spiro atoms. The molecule has 0 radical (unpaired) electrons. The van der Waals surface area contributed by atoms with Gasteiger partial charge in [-0.2, -0.15) is 0 Å². The summed E-state index contributed by atoms with van der Waals surface area (Å²) in [5.41, 5.74) is 8.04. The zero-order chi connectivity index (χ0) is 21.9. The van der Waals surface area contributed by atoms with Crippen molar-refractivity contribution in [2.75, 3.05) is 0 Å². The van der Waals surface area contributed by atoms with Crippen LogP contribution in [0.4, 0.5) is 0 Å². The maximum absolute atomic E-state index is 5.70. The lowest BCUT2D eigenvalue weighted by Gasteiger charge is -2.44. The van der Waals surface area contributed by atoms with Crippen molar-refractivity contribution in [2.45, 2.75) is 45.1 Å². The molecule has 1 atom stereocenters. The minimum Gasteiger partial charge on any atom is -0.463 e. The summed E-state index contributed by atoms with van der Waals surface area (Å²) in [7, 11) is 0. The first kappa shape index (κ1) is 19.3. The minimum absolute atomic E-state index is 0.0667. The predicted octanol–water partition coefficient (Wildman–Crippen LogP) is 6.73. The van der Waals surface area contributed by atoms with Crippen LogP contribution in [0, 0.1) is 5.92 Å². The van der Waals surface area contributed by atoms with Crippen molar-refractivity contribution < 1.29 is 4.42 Å². The van der Waals surface area contributed by atoms with Crippen LogP contribution >= 0.6 is 0 Å². The number of rotatable bonds is 3. The van der Waals surface area contributed by atoms with Gasteiger partial charge in [-0.25, -0.2) is 4.98 Å². The van der Waals surface area contributed by atoms with Gasteiger partial charge < -0.3 is 4.42 Å².